The molecule has 0 atom stereocenters. The maximum absolute atomic E-state index is 13.5. The molecule has 1 N–H and O–H groups in total. The molecule has 0 saturated carbocycles. The molecule has 3 aromatic rings. The van der Waals surface area contributed by atoms with Gasteiger partial charge in [-0.05, 0) is 32.9 Å². The Morgan fingerprint density at radius 1 is 1.19 bits per heavy atom. The number of thiazole rings is 1. The van der Waals surface area contributed by atoms with E-state index in [9.17, 15) is 4.39 Å². The monoisotopic (exact) mass is 302 g/mol. The van der Waals surface area contributed by atoms with Crippen LogP contribution in [0.25, 0.3) is 21.6 Å². The molecule has 2 aromatic heterocycles. The Bertz CT molecular complexity index is 813. The second kappa shape index (κ2) is 5.37. The van der Waals surface area contributed by atoms with Gasteiger partial charge >= 0.3 is 0 Å². The zero-order valence-corrected chi connectivity index (χ0v) is 12.9. The molecule has 0 aliphatic rings. The van der Waals surface area contributed by atoms with E-state index in [4.69, 9.17) is 0 Å². The lowest BCUT2D eigenvalue weighted by atomic mass is 10.2. The van der Waals surface area contributed by atoms with Crippen LogP contribution in [0.1, 0.15) is 17.6 Å². The Balaban J connectivity index is 2.26. The molecule has 0 spiro atoms. The molecule has 6 heteroatoms. The van der Waals surface area contributed by atoms with Crippen molar-refractivity contribution in [3.8, 4) is 10.7 Å². The minimum absolute atomic E-state index is 0.299. The molecule has 3 rings (SSSR count). The van der Waals surface area contributed by atoms with E-state index in [2.05, 4.69) is 20.3 Å². The van der Waals surface area contributed by atoms with Gasteiger partial charge in [0.1, 0.15) is 11.6 Å². The number of nitrogens with one attached hydrogen (secondary N) is 1. The highest BCUT2D eigenvalue weighted by molar-refractivity contribution is 7.15. The molecule has 1 aromatic carbocycles. The molecule has 108 valence electrons. The minimum atomic E-state index is -0.299. The molecule has 0 aliphatic carbocycles. The zero-order valence-electron chi connectivity index (χ0n) is 12.1. The van der Waals surface area contributed by atoms with Crippen LogP contribution >= 0.6 is 11.3 Å². The van der Waals surface area contributed by atoms with E-state index < -0.39 is 0 Å². The summed E-state index contributed by atoms with van der Waals surface area (Å²) in [6, 6.07) is 4.57. The van der Waals surface area contributed by atoms with Crippen LogP contribution in [-0.4, -0.2) is 21.5 Å². The number of nitrogens with zero attached hydrogens (tertiary/aromatic N) is 3. The average Bonchev–Trinajstić information content (AvgIpc) is 2.77. The van der Waals surface area contributed by atoms with Crippen LogP contribution in [0, 0.1) is 19.7 Å². The summed E-state index contributed by atoms with van der Waals surface area (Å²) in [6.07, 6.45) is 0. The van der Waals surface area contributed by atoms with E-state index in [1.807, 2.05) is 20.8 Å². The summed E-state index contributed by atoms with van der Waals surface area (Å²) >= 11 is 1.55. The van der Waals surface area contributed by atoms with Crippen LogP contribution in [0.2, 0.25) is 0 Å². The molecule has 0 amide bonds. The van der Waals surface area contributed by atoms with Gasteiger partial charge in [-0.3, -0.25) is 0 Å². The highest BCUT2D eigenvalue weighted by atomic mass is 32.1. The van der Waals surface area contributed by atoms with Gasteiger partial charge in [-0.25, -0.2) is 19.3 Å². The van der Waals surface area contributed by atoms with Crippen LogP contribution in [-0.2, 0) is 0 Å². The Kier molecular flexibility index (Phi) is 3.55. The molecule has 0 fully saturated rings. The number of anilines is 1. The predicted octanol–water partition coefficient (Wildman–Crippen LogP) is 3.94. The Morgan fingerprint density at radius 2 is 2.00 bits per heavy atom. The molecule has 0 unspecified atom stereocenters. The first kappa shape index (κ1) is 13.9. The molecular weight excluding hydrogens is 287 g/mol. The third-order valence-corrected chi connectivity index (χ3v) is 4.18. The summed E-state index contributed by atoms with van der Waals surface area (Å²) in [5, 5.41) is 5.01. The number of halogens is 1. The average molecular weight is 302 g/mol. The van der Waals surface area contributed by atoms with Crippen molar-refractivity contribution in [2.75, 3.05) is 11.9 Å². The van der Waals surface area contributed by atoms with Crippen molar-refractivity contribution < 1.29 is 4.39 Å². The fraction of sp³-hybridized carbons (Fsp3) is 0.267. The van der Waals surface area contributed by atoms with Crippen molar-refractivity contribution in [3.05, 3.63) is 34.7 Å². The van der Waals surface area contributed by atoms with Crippen molar-refractivity contribution >= 4 is 28.1 Å². The first-order valence-electron chi connectivity index (χ1n) is 6.74. The second-order valence-corrected chi connectivity index (χ2v) is 5.94. The van der Waals surface area contributed by atoms with Crippen LogP contribution in [0.15, 0.2) is 18.2 Å². The molecule has 0 saturated heterocycles. The lowest BCUT2D eigenvalue weighted by Gasteiger charge is -2.09. The Labute approximate surface area is 126 Å². The summed E-state index contributed by atoms with van der Waals surface area (Å²) < 4.78 is 13.5. The van der Waals surface area contributed by atoms with Gasteiger partial charge in [0.15, 0.2) is 5.82 Å². The van der Waals surface area contributed by atoms with Crippen LogP contribution in [0.5, 0.6) is 0 Å². The summed E-state index contributed by atoms with van der Waals surface area (Å²) in [5.41, 5.74) is 1.50. The number of benzene rings is 1. The first-order chi connectivity index (χ1) is 10.1. The van der Waals surface area contributed by atoms with Gasteiger partial charge in [-0.2, -0.15) is 0 Å². The lowest BCUT2D eigenvalue weighted by molar-refractivity contribution is 0.629. The topological polar surface area (TPSA) is 50.7 Å². The van der Waals surface area contributed by atoms with Gasteiger partial charge in [-0.1, -0.05) is 0 Å². The SMILES string of the molecule is CCNc1nc(-c2sc(C)nc2C)nc2cc(F)ccc12. The standard InChI is InChI=1S/C15H15FN4S/c1-4-17-14-11-6-5-10(16)7-12(11)19-15(20-14)13-8(2)18-9(3)21-13/h5-7H,4H2,1-3H3,(H,17,19,20). The van der Waals surface area contributed by atoms with Crippen molar-refractivity contribution in [3.63, 3.8) is 0 Å². The van der Waals surface area contributed by atoms with Gasteiger partial charge < -0.3 is 5.32 Å². The molecule has 4 nitrogen and oxygen atoms in total. The fourth-order valence-electron chi connectivity index (χ4n) is 2.25. The number of aryl methyl sites for hydroxylation is 2. The highest BCUT2D eigenvalue weighted by Crippen LogP contribution is 2.30. The minimum Gasteiger partial charge on any atom is -0.370 e. The van der Waals surface area contributed by atoms with E-state index in [1.54, 1.807) is 17.4 Å². The Morgan fingerprint density at radius 3 is 2.67 bits per heavy atom. The van der Waals surface area contributed by atoms with E-state index in [0.29, 0.717) is 11.3 Å². The lowest BCUT2D eigenvalue weighted by Crippen LogP contribution is -2.03. The van der Waals surface area contributed by atoms with Crippen LogP contribution in [0.3, 0.4) is 0 Å². The number of rotatable bonds is 3. The van der Waals surface area contributed by atoms with E-state index >= 15 is 0 Å². The molecule has 0 radical (unpaired) electrons. The molecular formula is C15H15FN4S. The fourth-order valence-corrected chi connectivity index (χ4v) is 3.10. The smallest absolute Gasteiger partial charge is 0.174 e. The molecule has 0 bridgehead atoms. The number of hydrogen-bond acceptors (Lipinski definition) is 5. The summed E-state index contributed by atoms with van der Waals surface area (Å²) in [4.78, 5) is 14.4. The van der Waals surface area contributed by atoms with Gasteiger partial charge in [0.25, 0.3) is 0 Å². The molecule has 2 heterocycles. The normalized spacial score (nSPS) is 11.0. The van der Waals surface area contributed by atoms with Crippen molar-refractivity contribution in [2.24, 2.45) is 0 Å². The Hall–Kier alpha value is -2.08. The van der Waals surface area contributed by atoms with E-state index in [1.165, 1.54) is 12.1 Å². The maximum Gasteiger partial charge on any atom is 0.174 e. The maximum atomic E-state index is 13.5. The highest BCUT2D eigenvalue weighted by Gasteiger charge is 2.14. The number of fused-ring (bicyclic) bond motifs is 1. The van der Waals surface area contributed by atoms with Crippen molar-refractivity contribution in [2.45, 2.75) is 20.8 Å². The predicted molar refractivity (Wildman–Crippen MR) is 84.2 cm³/mol. The third kappa shape index (κ3) is 2.58. The van der Waals surface area contributed by atoms with Gasteiger partial charge in [0, 0.05) is 18.0 Å². The van der Waals surface area contributed by atoms with Crippen molar-refractivity contribution in [1.29, 1.82) is 0 Å². The van der Waals surface area contributed by atoms with E-state index in [0.717, 1.165) is 33.3 Å². The van der Waals surface area contributed by atoms with Gasteiger partial charge in [0.05, 0.1) is 21.1 Å². The first-order valence-corrected chi connectivity index (χ1v) is 7.55. The number of aromatic nitrogens is 3. The van der Waals surface area contributed by atoms with Gasteiger partial charge in [-0.15, -0.1) is 11.3 Å². The largest absolute Gasteiger partial charge is 0.370 e. The van der Waals surface area contributed by atoms with Crippen molar-refractivity contribution in [1.82, 2.24) is 15.0 Å². The second-order valence-electron chi connectivity index (χ2n) is 4.74. The number of hydrogen-bond donors (Lipinski definition) is 1. The van der Waals surface area contributed by atoms with Crippen LogP contribution < -0.4 is 5.32 Å². The van der Waals surface area contributed by atoms with Gasteiger partial charge in [0.2, 0.25) is 0 Å². The molecule has 0 aliphatic heterocycles. The molecule has 21 heavy (non-hydrogen) atoms. The zero-order chi connectivity index (χ0) is 15.0. The van der Waals surface area contributed by atoms with Crippen LogP contribution in [0.4, 0.5) is 10.2 Å². The summed E-state index contributed by atoms with van der Waals surface area (Å²) in [5.74, 6) is 1.02. The summed E-state index contributed by atoms with van der Waals surface area (Å²) in [7, 11) is 0. The quantitative estimate of drug-likeness (QED) is 0.796. The van der Waals surface area contributed by atoms with E-state index in [-0.39, 0.29) is 5.82 Å². The summed E-state index contributed by atoms with van der Waals surface area (Å²) in [6.45, 7) is 6.63. The third-order valence-electron chi connectivity index (χ3n) is 3.11.